The van der Waals surface area contributed by atoms with Gasteiger partial charge in [0.25, 0.3) is 0 Å². The molecule has 0 saturated carbocycles. The van der Waals surface area contributed by atoms with Gasteiger partial charge < -0.3 is 86.2 Å². The SMILES string of the molecule is CC[C@H](C)[C@H](NC(=O)[C@@H]1CCCN1C(=O)[C@H](CCC(=O)O)NC(=O)[C@H](Cc1ccccc1)NC(=O)CCC(=O)O)C(=O)N1CCC[C@H]1C(=O)N[C@@H](CCC(=O)O)C(=O)N[C@@H](Cc1ccc(OS(=O)(=O)O)cc1)C(=O)N[C@@H](Cc1ccc(OS(=O)(=O)O)cc1)C(=O)N[C@@H](CC(C)C)C(=O)N[C@@H](CCCCCC(=O)O)C(=O)O. The van der Waals surface area contributed by atoms with Crippen LogP contribution in [0.3, 0.4) is 0 Å². The minimum Gasteiger partial charge on any atom is -0.481 e. The zero-order valence-electron chi connectivity index (χ0n) is 61.4. The highest BCUT2D eigenvalue weighted by Gasteiger charge is 2.44. The third-order valence-corrected chi connectivity index (χ3v) is 19.0. The third kappa shape index (κ3) is 31.6. The fraction of sp³-hybridized carbons (Fsp3) is 0.535. The summed E-state index contributed by atoms with van der Waals surface area (Å²) in [5.41, 5.74) is 0.803. The molecule has 0 unspecified atom stereocenters. The first-order chi connectivity index (χ1) is 52.2. The molecule has 38 nitrogen and oxygen atoms in total. The fourth-order valence-electron chi connectivity index (χ4n) is 12.4. The Morgan fingerprint density at radius 3 is 1.29 bits per heavy atom. The summed E-state index contributed by atoms with van der Waals surface area (Å²) in [7, 11) is -10.1. The Hall–Kier alpha value is -10.9. The summed E-state index contributed by atoms with van der Waals surface area (Å²) >= 11 is 0. The van der Waals surface area contributed by atoms with Gasteiger partial charge in [0, 0.05) is 58.0 Å². The Labute approximate surface area is 639 Å². The standard InChI is InChI=1S/C71H96N10O28S2/c1-5-41(4)61(79-68(97)55-18-12-34-80(55)69(98)48(29-32-59(87)88)74-64(93)51(37-42-14-8-6-9-15-42)72-56(82)30-33-60(89)90)70(99)81-35-13-17-54(81)67(96)73-47(28-31-58(85)86)62(91)77-52(38-43-20-24-45(25-21-43)108-110(102,103)104)66(95)78-53(39-44-22-26-46(27-23-44)109-111(105,106)107)65(94)76-50(36-40(2)3)63(92)75-49(71(100)101)16-10-7-11-19-57(83)84/h6,8-9,14-15,20-27,40-41,47-55,61H,5,7,10-13,16-19,28-39H2,1-4H3,(H,72,82)(H,73,96)(H,74,93)(H,75,92)(H,76,94)(H,77,91)(H,78,95)(H,79,97)(H,83,84)(H,85,86)(H,87,88)(H,89,90)(H,100,101)(H,102,103,104)(H,105,106,107)/t41-,47-,48-,49-,50-,51-,52-,53-,54-,55-,61-/m0/s1. The third-order valence-electron chi connectivity index (χ3n) is 18.2. The second-order valence-corrected chi connectivity index (χ2v) is 29.4. The van der Waals surface area contributed by atoms with Crippen molar-refractivity contribution < 1.29 is 132 Å². The number of unbranched alkanes of at least 4 members (excludes halogenated alkanes) is 2. The number of likely N-dealkylation sites (tertiary alicyclic amines) is 2. The van der Waals surface area contributed by atoms with Gasteiger partial charge in [-0.3, -0.25) is 76.2 Å². The maximum atomic E-state index is 15.0. The van der Waals surface area contributed by atoms with Gasteiger partial charge in [0.15, 0.2) is 0 Å². The number of benzene rings is 3. The van der Waals surface area contributed by atoms with Gasteiger partial charge in [0.2, 0.25) is 59.1 Å². The number of carboxylic acid groups (broad SMARTS) is 5. The Kier molecular flexibility index (Phi) is 35.6. The minimum absolute atomic E-state index is 0.0220. The van der Waals surface area contributed by atoms with E-state index in [-0.39, 0.29) is 101 Å². The minimum atomic E-state index is -5.07. The lowest BCUT2D eigenvalue weighted by molar-refractivity contribution is -0.146. The monoisotopic (exact) mass is 1600 g/mol. The molecule has 2 fully saturated rings. The van der Waals surface area contributed by atoms with Crippen LogP contribution in [0, 0.1) is 11.8 Å². The maximum Gasteiger partial charge on any atom is 0.446 e. The Balaban J connectivity index is 1.45. The highest BCUT2D eigenvalue weighted by Crippen LogP contribution is 2.26. The first kappa shape index (κ1) is 90.7. The molecule has 610 valence electrons. The number of hydrogen-bond donors (Lipinski definition) is 15. The number of amides is 10. The van der Waals surface area contributed by atoms with Crippen molar-refractivity contribution in [3.8, 4) is 11.5 Å². The van der Waals surface area contributed by atoms with E-state index in [4.69, 9.17) is 5.11 Å². The van der Waals surface area contributed by atoms with Crippen LogP contribution in [0.1, 0.15) is 154 Å². The van der Waals surface area contributed by atoms with Crippen LogP contribution < -0.4 is 50.9 Å². The van der Waals surface area contributed by atoms with Crippen LogP contribution in [0.15, 0.2) is 78.9 Å². The molecule has 10 amide bonds. The molecule has 0 aromatic heterocycles. The zero-order chi connectivity index (χ0) is 82.4. The number of nitrogens with zero attached hydrogens (tertiary/aromatic N) is 2. The molecule has 11 atom stereocenters. The van der Waals surface area contributed by atoms with E-state index in [9.17, 15) is 113 Å². The van der Waals surface area contributed by atoms with Crippen LogP contribution in [-0.2, 0) is 112 Å². The lowest BCUT2D eigenvalue weighted by atomic mass is 9.96. The summed E-state index contributed by atoms with van der Waals surface area (Å²) < 4.78 is 74.0. The van der Waals surface area contributed by atoms with Crippen molar-refractivity contribution in [3.05, 3.63) is 95.6 Å². The fourth-order valence-corrected chi connectivity index (χ4v) is 13.1. The molecule has 3 aromatic rings. The lowest BCUT2D eigenvalue weighted by Gasteiger charge is -2.34. The predicted molar refractivity (Wildman–Crippen MR) is 388 cm³/mol. The van der Waals surface area contributed by atoms with Crippen LogP contribution in [0.25, 0.3) is 0 Å². The van der Waals surface area contributed by atoms with Crippen molar-refractivity contribution in [2.24, 2.45) is 11.8 Å². The first-order valence-corrected chi connectivity index (χ1v) is 38.6. The van der Waals surface area contributed by atoms with E-state index in [1.807, 2.05) is 0 Å². The van der Waals surface area contributed by atoms with Gasteiger partial charge in [0.05, 0.1) is 6.42 Å². The Morgan fingerprint density at radius 1 is 0.432 bits per heavy atom. The van der Waals surface area contributed by atoms with E-state index in [0.29, 0.717) is 12.0 Å². The highest BCUT2D eigenvalue weighted by molar-refractivity contribution is 7.81. The quantitative estimate of drug-likeness (QED) is 0.0274. The normalized spacial score (nSPS) is 16.6. The Morgan fingerprint density at radius 2 is 0.838 bits per heavy atom. The molecule has 2 saturated heterocycles. The summed E-state index contributed by atoms with van der Waals surface area (Å²) in [6, 6.07) is 1.70. The Bertz CT molecular complexity index is 4040. The largest absolute Gasteiger partial charge is 0.481 e. The van der Waals surface area contributed by atoms with Crippen molar-refractivity contribution in [1.82, 2.24) is 52.3 Å². The maximum absolute atomic E-state index is 15.0. The number of carbonyl (C=O) groups excluding carboxylic acids is 10. The first-order valence-electron chi connectivity index (χ1n) is 35.9. The molecule has 2 aliphatic rings. The van der Waals surface area contributed by atoms with E-state index >= 15 is 4.79 Å². The van der Waals surface area contributed by atoms with Gasteiger partial charge >= 0.3 is 50.6 Å². The van der Waals surface area contributed by atoms with Crippen LogP contribution in [0.5, 0.6) is 11.5 Å². The smallest absolute Gasteiger partial charge is 0.446 e. The van der Waals surface area contributed by atoms with E-state index < -0.39 is 239 Å². The van der Waals surface area contributed by atoms with Crippen LogP contribution >= 0.6 is 0 Å². The van der Waals surface area contributed by atoms with E-state index in [0.717, 1.165) is 34.1 Å². The molecule has 15 N–H and O–H groups in total. The molecular weight excluding hydrogens is 1500 g/mol. The van der Waals surface area contributed by atoms with E-state index in [1.165, 1.54) is 24.3 Å². The molecule has 0 radical (unpaired) electrons. The van der Waals surface area contributed by atoms with Crippen LogP contribution in [-0.4, -0.2) is 224 Å². The van der Waals surface area contributed by atoms with Gasteiger partial charge in [-0.05, 0) is 111 Å². The van der Waals surface area contributed by atoms with Gasteiger partial charge in [-0.15, -0.1) is 0 Å². The number of hydrogen-bond acceptors (Lipinski definition) is 21. The molecule has 40 heteroatoms. The van der Waals surface area contributed by atoms with Gasteiger partial charge in [-0.25, -0.2) is 4.79 Å². The van der Waals surface area contributed by atoms with Gasteiger partial charge in [-0.2, -0.15) is 16.8 Å². The molecule has 0 bridgehead atoms. The van der Waals surface area contributed by atoms with Crippen molar-refractivity contribution in [2.75, 3.05) is 13.1 Å². The molecule has 5 rings (SSSR count). The van der Waals surface area contributed by atoms with Crippen LogP contribution in [0.2, 0.25) is 0 Å². The number of carbonyl (C=O) groups is 15. The van der Waals surface area contributed by atoms with E-state index in [1.54, 1.807) is 58.0 Å². The number of nitrogens with one attached hydrogen (secondary N) is 8. The molecule has 111 heavy (non-hydrogen) atoms. The predicted octanol–water partition coefficient (Wildman–Crippen LogP) is 0.744. The second-order valence-electron chi connectivity index (χ2n) is 27.4. The van der Waals surface area contributed by atoms with Gasteiger partial charge in [-0.1, -0.05) is 102 Å². The summed E-state index contributed by atoms with van der Waals surface area (Å²) in [6.45, 7) is 6.47. The van der Waals surface area contributed by atoms with Crippen molar-refractivity contribution in [1.29, 1.82) is 0 Å². The van der Waals surface area contributed by atoms with Crippen molar-refractivity contribution in [3.63, 3.8) is 0 Å². The second kappa shape index (κ2) is 43.5. The molecular formula is C71H96N10O28S2. The number of rotatable bonds is 47. The average molecular weight is 1600 g/mol. The van der Waals surface area contributed by atoms with Crippen LogP contribution in [0.4, 0.5) is 0 Å². The molecule has 3 aromatic carbocycles. The molecule has 2 heterocycles. The average Bonchev–Trinajstić information content (AvgIpc) is 1.71. The lowest BCUT2D eigenvalue weighted by Crippen LogP contribution is -2.61. The topological polar surface area (TPSA) is 587 Å². The van der Waals surface area contributed by atoms with Gasteiger partial charge in [0.1, 0.15) is 71.9 Å². The summed E-state index contributed by atoms with van der Waals surface area (Å²) in [6.07, 6.45) is -4.12. The number of aliphatic carboxylic acids is 5. The number of carboxylic acids is 5. The van der Waals surface area contributed by atoms with Crippen molar-refractivity contribution >= 4 is 110 Å². The van der Waals surface area contributed by atoms with E-state index in [2.05, 4.69) is 50.9 Å². The molecule has 0 aliphatic carbocycles. The summed E-state index contributed by atoms with van der Waals surface area (Å²) in [5.74, 6) is -18.3. The zero-order valence-corrected chi connectivity index (χ0v) is 63.0. The highest BCUT2D eigenvalue weighted by atomic mass is 32.3. The summed E-state index contributed by atoms with van der Waals surface area (Å²) in [4.78, 5) is 206. The van der Waals surface area contributed by atoms with Crippen molar-refractivity contribution in [2.45, 2.75) is 217 Å². The summed E-state index contributed by atoms with van der Waals surface area (Å²) in [5, 5.41) is 68.1. The molecule has 0 spiro atoms. The molecule has 2 aliphatic heterocycles.